The molecule has 0 radical (unpaired) electrons. The zero-order chi connectivity index (χ0) is 19.1. The average molecular weight is 370 g/mol. The Morgan fingerprint density at radius 3 is 2.74 bits per heavy atom. The van der Waals surface area contributed by atoms with Crippen LogP contribution in [0.25, 0.3) is 0 Å². The molecule has 0 aliphatic carbocycles. The Hall–Kier alpha value is -2.41. The lowest BCUT2D eigenvalue weighted by molar-refractivity contribution is 0.172. The van der Waals surface area contributed by atoms with E-state index in [2.05, 4.69) is 73.0 Å². The third kappa shape index (κ3) is 5.29. The fraction of sp³-hybridized carbons (Fsp3) is 0.550. The summed E-state index contributed by atoms with van der Waals surface area (Å²) in [4.78, 5) is 9.33. The summed E-state index contributed by atoms with van der Waals surface area (Å²) in [5.74, 6) is 2.01. The maximum Gasteiger partial charge on any atom is 0.193 e. The van der Waals surface area contributed by atoms with E-state index < -0.39 is 0 Å². The highest BCUT2D eigenvalue weighted by molar-refractivity contribution is 5.79. The van der Waals surface area contributed by atoms with E-state index in [-0.39, 0.29) is 0 Å². The molecule has 7 heteroatoms. The van der Waals surface area contributed by atoms with Crippen molar-refractivity contribution in [3.05, 3.63) is 47.5 Å². The molecule has 0 amide bonds. The largest absolute Gasteiger partial charge is 0.354 e. The Balaban J connectivity index is 1.44. The zero-order valence-electron chi connectivity index (χ0n) is 16.7. The Labute approximate surface area is 162 Å². The molecule has 0 atom stereocenters. The van der Waals surface area contributed by atoms with Crippen molar-refractivity contribution in [1.29, 1.82) is 0 Å². The molecule has 1 saturated heterocycles. The Bertz CT molecular complexity index is 744. The number of aryl methyl sites for hydroxylation is 2. The first kappa shape index (κ1) is 19.4. The first-order valence-electron chi connectivity index (χ1n) is 9.79. The van der Waals surface area contributed by atoms with Crippen molar-refractivity contribution in [2.24, 2.45) is 4.99 Å². The van der Waals surface area contributed by atoms with Crippen LogP contribution in [-0.4, -0.2) is 70.3 Å². The summed E-state index contributed by atoms with van der Waals surface area (Å²) in [6.45, 7) is 11.1. The molecule has 27 heavy (non-hydrogen) atoms. The van der Waals surface area contributed by atoms with Gasteiger partial charge in [0.05, 0.1) is 0 Å². The van der Waals surface area contributed by atoms with Gasteiger partial charge in [0.15, 0.2) is 5.96 Å². The third-order valence-electron chi connectivity index (χ3n) is 5.02. The fourth-order valence-electron chi connectivity index (χ4n) is 3.55. The molecule has 2 heterocycles. The normalized spacial score (nSPS) is 16.0. The van der Waals surface area contributed by atoms with E-state index in [1.165, 1.54) is 11.1 Å². The van der Waals surface area contributed by atoms with E-state index in [0.29, 0.717) is 0 Å². The number of nitrogens with one attached hydrogen (secondary N) is 1. The highest BCUT2D eigenvalue weighted by Crippen LogP contribution is 2.10. The quantitative estimate of drug-likeness (QED) is 0.618. The van der Waals surface area contributed by atoms with Crippen molar-refractivity contribution in [3.8, 4) is 0 Å². The molecule has 1 fully saturated rings. The second-order valence-corrected chi connectivity index (χ2v) is 7.02. The molecule has 1 aromatic carbocycles. The van der Waals surface area contributed by atoms with Gasteiger partial charge in [-0.05, 0) is 12.5 Å². The SMILES string of the molecule is CCc1nncn1CCNC(=NC)N1CCN(Cc2cccc(C)c2)CC1. The van der Waals surface area contributed by atoms with Gasteiger partial charge in [-0.25, -0.2) is 0 Å². The predicted octanol–water partition coefficient (Wildman–Crippen LogP) is 1.54. The minimum Gasteiger partial charge on any atom is -0.354 e. The molecule has 0 unspecified atom stereocenters. The summed E-state index contributed by atoms with van der Waals surface area (Å²) >= 11 is 0. The van der Waals surface area contributed by atoms with E-state index in [1.807, 2.05) is 7.05 Å². The number of guanidine groups is 1. The molecule has 1 aromatic heterocycles. The topological polar surface area (TPSA) is 61.6 Å². The molecule has 1 aliphatic heterocycles. The summed E-state index contributed by atoms with van der Waals surface area (Å²) < 4.78 is 2.10. The smallest absolute Gasteiger partial charge is 0.193 e. The highest BCUT2D eigenvalue weighted by atomic mass is 15.3. The van der Waals surface area contributed by atoms with Crippen LogP contribution in [-0.2, 0) is 19.5 Å². The number of rotatable bonds is 6. The lowest BCUT2D eigenvalue weighted by atomic mass is 10.1. The molecule has 146 valence electrons. The molecule has 1 N–H and O–H groups in total. The van der Waals surface area contributed by atoms with Gasteiger partial charge in [-0.2, -0.15) is 0 Å². The maximum absolute atomic E-state index is 4.47. The number of aromatic nitrogens is 3. The van der Waals surface area contributed by atoms with Gasteiger partial charge in [0.1, 0.15) is 12.2 Å². The van der Waals surface area contributed by atoms with Gasteiger partial charge in [-0.1, -0.05) is 36.8 Å². The van der Waals surface area contributed by atoms with E-state index in [4.69, 9.17) is 0 Å². The van der Waals surface area contributed by atoms with Crippen LogP contribution in [0.2, 0.25) is 0 Å². The number of hydrogen-bond donors (Lipinski definition) is 1. The van der Waals surface area contributed by atoms with E-state index in [9.17, 15) is 0 Å². The Morgan fingerprint density at radius 2 is 2.04 bits per heavy atom. The first-order chi connectivity index (χ1) is 13.2. The molecule has 1 aliphatic rings. The number of aliphatic imine (C=N–C) groups is 1. The van der Waals surface area contributed by atoms with Crippen LogP contribution < -0.4 is 5.32 Å². The molecule has 2 aromatic rings. The van der Waals surface area contributed by atoms with E-state index in [1.54, 1.807) is 6.33 Å². The maximum atomic E-state index is 4.47. The van der Waals surface area contributed by atoms with Gasteiger partial charge < -0.3 is 14.8 Å². The van der Waals surface area contributed by atoms with Crippen LogP contribution in [0.1, 0.15) is 23.9 Å². The first-order valence-corrected chi connectivity index (χ1v) is 9.79. The van der Waals surface area contributed by atoms with Crippen molar-refractivity contribution in [2.75, 3.05) is 39.8 Å². The average Bonchev–Trinajstić information content (AvgIpc) is 3.14. The van der Waals surface area contributed by atoms with E-state index >= 15 is 0 Å². The molecule has 3 rings (SSSR count). The van der Waals surface area contributed by atoms with Crippen molar-refractivity contribution in [3.63, 3.8) is 0 Å². The lowest BCUT2D eigenvalue weighted by Gasteiger charge is -2.36. The van der Waals surface area contributed by atoms with Crippen molar-refractivity contribution >= 4 is 5.96 Å². The van der Waals surface area contributed by atoms with Gasteiger partial charge in [0.2, 0.25) is 0 Å². The van der Waals surface area contributed by atoms with Crippen molar-refractivity contribution in [1.82, 2.24) is 29.9 Å². The van der Waals surface area contributed by atoms with Crippen LogP contribution in [0, 0.1) is 6.92 Å². The van der Waals surface area contributed by atoms with Crippen LogP contribution in [0.15, 0.2) is 35.6 Å². The summed E-state index contributed by atoms with van der Waals surface area (Å²) in [6.07, 6.45) is 2.70. The van der Waals surface area contributed by atoms with Gasteiger partial charge in [-0.15, -0.1) is 10.2 Å². The minimum absolute atomic E-state index is 0.821. The molecule has 0 bridgehead atoms. The summed E-state index contributed by atoms with van der Waals surface area (Å²) in [5, 5.41) is 11.6. The number of nitrogens with zero attached hydrogens (tertiary/aromatic N) is 6. The van der Waals surface area contributed by atoms with Crippen molar-refractivity contribution < 1.29 is 0 Å². The van der Waals surface area contributed by atoms with Crippen molar-refractivity contribution in [2.45, 2.75) is 33.4 Å². The molecule has 7 nitrogen and oxygen atoms in total. The van der Waals surface area contributed by atoms with Crippen LogP contribution >= 0.6 is 0 Å². The molecular weight excluding hydrogens is 338 g/mol. The summed E-state index contributed by atoms with van der Waals surface area (Å²) in [6, 6.07) is 8.80. The van der Waals surface area contributed by atoms with Gasteiger partial charge in [0.25, 0.3) is 0 Å². The zero-order valence-corrected chi connectivity index (χ0v) is 16.7. The highest BCUT2D eigenvalue weighted by Gasteiger charge is 2.19. The molecule has 0 saturated carbocycles. The fourth-order valence-corrected chi connectivity index (χ4v) is 3.55. The predicted molar refractivity (Wildman–Crippen MR) is 109 cm³/mol. The van der Waals surface area contributed by atoms with Gasteiger partial charge in [-0.3, -0.25) is 9.89 Å². The second kappa shape index (κ2) is 9.50. The molecule has 0 spiro atoms. The van der Waals surface area contributed by atoms with E-state index in [0.717, 1.165) is 64.0 Å². The summed E-state index contributed by atoms with van der Waals surface area (Å²) in [5.41, 5.74) is 2.72. The second-order valence-electron chi connectivity index (χ2n) is 7.02. The van der Waals surface area contributed by atoms with Gasteiger partial charge >= 0.3 is 0 Å². The summed E-state index contributed by atoms with van der Waals surface area (Å²) in [7, 11) is 1.86. The standard InChI is InChI=1S/C20H31N7/c1-4-19-24-23-16-27(19)9-8-22-20(21-3)26-12-10-25(11-13-26)15-18-7-5-6-17(2)14-18/h5-7,14,16H,4,8-13,15H2,1-3H3,(H,21,22). The van der Waals surface area contributed by atoms with Crippen LogP contribution in [0.5, 0.6) is 0 Å². The Kier molecular flexibility index (Phi) is 6.81. The third-order valence-corrected chi connectivity index (χ3v) is 5.02. The number of piperazine rings is 1. The minimum atomic E-state index is 0.821. The lowest BCUT2D eigenvalue weighted by Crippen LogP contribution is -2.52. The molecular formula is C20H31N7. The Morgan fingerprint density at radius 1 is 1.22 bits per heavy atom. The number of hydrogen-bond acceptors (Lipinski definition) is 4. The van der Waals surface area contributed by atoms with Crippen LogP contribution in [0.4, 0.5) is 0 Å². The van der Waals surface area contributed by atoms with Crippen LogP contribution in [0.3, 0.4) is 0 Å². The monoisotopic (exact) mass is 369 g/mol. The number of benzene rings is 1. The van der Waals surface area contributed by atoms with Gasteiger partial charge in [0, 0.05) is 59.3 Å².